The van der Waals surface area contributed by atoms with Gasteiger partial charge in [-0.25, -0.2) is 0 Å². The van der Waals surface area contributed by atoms with Gasteiger partial charge in [0.25, 0.3) is 0 Å². The SMILES string of the molecule is CCNC(=NCC(Cc1ccccc1)N(CC)CC)NCC1CC(=O)Nc2ccccc21.I. The van der Waals surface area contributed by atoms with Gasteiger partial charge >= 0.3 is 0 Å². The molecule has 2 aromatic carbocycles. The third kappa shape index (κ3) is 7.99. The van der Waals surface area contributed by atoms with E-state index in [4.69, 9.17) is 4.99 Å². The average molecular weight is 564 g/mol. The Morgan fingerprint density at radius 2 is 1.76 bits per heavy atom. The lowest BCUT2D eigenvalue weighted by molar-refractivity contribution is -0.116. The highest BCUT2D eigenvalue weighted by atomic mass is 127. The van der Waals surface area contributed by atoms with Gasteiger partial charge in [-0.05, 0) is 43.6 Å². The molecule has 3 rings (SSSR count). The molecular formula is C26H38IN5O. The Hall–Kier alpha value is -2.13. The molecule has 3 N–H and O–H groups in total. The maximum Gasteiger partial charge on any atom is 0.225 e. The lowest BCUT2D eigenvalue weighted by Gasteiger charge is -2.29. The van der Waals surface area contributed by atoms with E-state index < -0.39 is 0 Å². The van der Waals surface area contributed by atoms with Crippen LogP contribution in [0.2, 0.25) is 0 Å². The van der Waals surface area contributed by atoms with Crippen LogP contribution in [-0.2, 0) is 11.2 Å². The van der Waals surface area contributed by atoms with Gasteiger partial charge in [-0.3, -0.25) is 14.7 Å². The summed E-state index contributed by atoms with van der Waals surface area (Å²) < 4.78 is 0. The lowest BCUT2D eigenvalue weighted by atomic mass is 9.90. The number of para-hydroxylation sites is 1. The molecule has 0 saturated heterocycles. The van der Waals surface area contributed by atoms with Crippen molar-refractivity contribution in [2.45, 2.75) is 45.6 Å². The van der Waals surface area contributed by atoms with Gasteiger partial charge in [0.2, 0.25) is 5.91 Å². The number of nitrogens with zero attached hydrogens (tertiary/aromatic N) is 2. The number of hydrogen-bond acceptors (Lipinski definition) is 3. The highest BCUT2D eigenvalue weighted by molar-refractivity contribution is 14.0. The van der Waals surface area contributed by atoms with Gasteiger partial charge in [-0.15, -0.1) is 24.0 Å². The zero-order valence-corrected chi connectivity index (χ0v) is 22.3. The molecule has 1 aliphatic rings. The molecular weight excluding hydrogens is 525 g/mol. The van der Waals surface area contributed by atoms with Crippen LogP contribution in [0.4, 0.5) is 5.69 Å². The zero-order chi connectivity index (χ0) is 22.8. The van der Waals surface area contributed by atoms with E-state index in [0.717, 1.165) is 37.7 Å². The number of benzene rings is 2. The van der Waals surface area contributed by atoms with Crippen molar-refractivity contribution >= 4 is 41.5 Å². The van der Waals surface area contributed by atoms with E-state index in [1.807, 2.05) is 18.2 Å². The van der Waals surface area contributed by atoms with Crippen LogP contribution in [0.3, 0.4) is 0 Å². The Morgan fingerprint density at radius 3 is 2.45 bits per heavy atom. The Kier molecular flexibility index (Phi) is 11.7. The minimum absolute atomic E-state index is 0. The van der Waals surface area contributed by atoms with Crippen LogP contribution in [0.5, 0.6) is 0 Å². The van der Waals surface area contributed by atoms with Crippen molar-refractivity contribution in [3.63, 3.8) is 0 Å². The first-order valence-corrected chi connectivity index (χ1v) is 11.8. The summed E-state index contributed by atoms with van der Waals surface area (Å²) in [5, 5.41) is 9.83. The number of hydrogen-bond donors (Lipinski definition) is 3. The van der Waals surface area contributed by atoms with Crippen molar-refractivity contribution in [2.24, 2.45) is 4.99 Å². The summed E-state index contributed by atoms with van der Waals surface area (Å²) in [6.07, 6.45) is 1.46. The van der Waals surface area contributed by atoms with Gasteiger partial charge in [0.05, 0.1) is 6.54 Å². The van der Waals surface area contributed by atoms with Crippen molar-refractivity contribution < 1.29 is 4.79 Å². The summed E-state index contributed by atoms with van der Waals surface area (Å²) in [6, 6.07) is 19.0. The van der Waals surface area contributed by atoms with Gasteiger partial charge in [-0.2, -0.15) is 0 Å². The van der Waals surface area contributed by atoms with Crippen LogP contribution in [-0.4, -0.2) is 55.5 Å². The fourth-order valence-electron chi connectivity index (χ4n) is 4.38. The molecule has 2 aromatic rings. The fraction of sp³-hybridized carbons (Fsp3) is 0.462. The summed E-state index contributed by atoms with van der Waals surface area (Å²) in [7, 11) is 0. The summed E-state index contributed by atoms with van der Waals surface area (Å²) >= 11 is 0. The van der Waals surface area contributed by atoms with Crippen molar-refractivity contribution in [1.29, 1.82) is 0 Å². The zero-order valence-electron chi connectivity index (χ0n) is 20.0. The quantitative estimate of drug-likeness (QED) is 0.230. The number of rotatable bonds is 10. The molecule has 33 heavy (non-hydrogen) atoms. The second-order valence-corrected chi connectivity index (χ2v) is 8.20. The molecule has 2 atom stereocenters. The van der Waals surface area contributed by atoms with Crippen molar-refractivity contribution in [1.82, 2.24) is 15.5 Å². The standard InChI is InChI=1S/C26H37N5O.HI/c1-4-27-26(28-18-21-17-25(32)30-24-15-11-10-14-23(21)24)29-19-22(31(5-2)6-3)16-20-12-8-7-9-13-20;/h7-15,21-22H,4-6,16-19H2,1-3H3,(H,30,32)(H2,27,28,29);1H. The predicted octanol–water partition coefficient (Wildman–Crippen LogP) is 4.24. The number of aliphatic imine (C=N–C) groups is 1. The molecule has 1 aliphatic heterocycles. The summed E-state index contributed by atoms with van der Waals surface area (Å²) in [5.74, 6) is 1.01. The first kappa shape index (κ1) is 27.1. The molecule has 2 unspecified atom stereocenters. The number of carbonyl (C=O) groups is 1. The maximum atomic E-state index is 12.1. The van der Waals surface area contributed by atoms with Gasteiger partial charge in [0.1, 0.15) is 0 Å². The molecule has 6 nitrogen and oxygen atoms in total. The Labute approximate surface area is 215 Å². The number of guanidine groups is 1. The van der Waals surface area contributed by atoms with E-state index in [-0.39, 0.29) is 35.8 Å². The maximum absolute atomic E-state index is 12.1. The smallest absolute Gasteiger partial charge is 0.225 e. The molecule has 0 aromatic heterocycles. The minimum Gasteiger partial charge on any atom is -0.357 e. The van der Waals surface area contributed by atoms with E-state index in [1.54, 1.807) is 0 Å². The van der Waals surface area contributed by atoms with Crippen LogP contribution in [0.15, 0.2) is 59.6 Å². The van der Waals surface area contributed by atoms with Crippen molar-refractivity contribution in [2.75, 3.05) is 38.0 Å². The number of halogens is 1. The van der Waals surface area contributed by atoms with Crippen LogP contribution in [0.1, 0.15) is 44.2 Å². The molecule has 0 saturated carbocycles. The molecule has 1 heterocycles. The van der Waals surface area contributed by atoms with Gasteiger partial charge in [0.15, 0.2) is 5.96 Å². The second kappa shape index (κ2) is 14.2. The van der Waals surface area contributed by atoms with Gasteiger partial charge in [-0.1, -0.05) is 62.4 Å². The normalized spacial score (nSPS) is 16.4. The van der Waals surface area contributed by atoms with E-state index >= 15 is 0 Å². The first-order chi connectivity index (χ1) is 15.6. The number of nitrogens with one attached hydrogen (secondary N) is 3. The third-order valence-electron chi connectivity index (χ3n) is 6.07. The molecule has 0 bridgehead atoms. The molecule has 180 valence electrons. The minimum atomic E-state index is 0. The third-order valence-corrected chi connectivity index (χ3v) is 6.07. The number of carbonyl (C=O) groups excluding carboxylic acids is 1. The van der Waals surface area contributed by atoms with E-state index in [1.165, 1.54) is 11.1 Å². The van der Waals surface area contributed by atoms with E-state index in [0.29, 0.717) is 25.6 Å². The van der Waals surface area contributed by atoms with Crippen LogP contribution in [0, 0.1) is 0 Å². The number of amides is 1. The molecule has 0 aliphatic carbocycles. The lowest BCUT2D eigenvalue weighted by Crippen LogP contribution is -2.43. The molecule has 7 heteroatoms. The second-order valence-electron chi connectivity index (χ2n) is 8.20. The molecule has 1 amide bonds. The monoisotopic (exact) mass is 563 g/mol. The Balaban J connectivity index is 0.00000385. The largest absolute Gasteiger partial charge is 0.357 e. The molecule has 0 spiro atoms. The van der Waals surface area contributed by atoms with E-state index in [9.17, 15) is 4.79 Å². The number of anilines is 1. The summed E-state index contributed by atoms with van der Waals surface area (Å²) in [4.78, 5) is 19.6. The summed E-state index contributed by atoms with van der Waals surface area (Å²) in [5.41, 5.74) is 3.44. The van der Waals surface area contributed by atoms with E-state index in [2.05, 4.69) is 78.0 Å². The number of likely N-dealkylation sites (N-methyl/N-ethyl adjacent to an activating group) is 1. The van der Waals surface area contributed by atoms with Crippen molar-refractivity contribution in [3.8, 4) is 0 Å². The predicted molar refractivity (Wildman–Crippen MR) is 149 cm³/mol. The first-order valence-electron chi connectivity index (χ1n) is 11.8. The van der Waals surface area contributed by atoms with Crippen LogP contribution >= 0.6 is 24.0 Å². The highest BCUT2D eigenvalue weighted by Gasteiger charge is 2.25. The fourth-order valence-corrected chi connectivity index (χ4v) is 4.38. The molecule has 0 radical (unpaired) electrons. The summed E-state index contributed by atoms with van der Waals surface area (Å²) in [6.45, 7) is 10.7. The molecule has 0 fully saturated rings. The van der Waals surface area contributed by atoms with Crippen molar-refractivity contribution in [3.05, 3.63) is 65.7 Å². The number of fused-ring (bicyclic) bond motifs is 1. The topological polar surface area (TPSA) is 68.8 Å². The highest BCUT2D eigenvalue weighted by Crippen LogP contribution is 2.31. The van der Waals surface area contributed by atoms with Crippen LogP contribution in [0.25, 0.3) is 0 Å². The van der Waals surface area contributed by atoms with Gasteiger partial charge in [0, 0.05) is 37.2 Å². The Morgan fingerprint density at radius 1 is 1.06 bits per heavy atom. The van der Waals surface area contributed by atoms with Crippen LogP contribution < -0.4 is 16.0 Å². The van der Waals surface area contributed by atoms with Gasteiger partial charge < -0.3 is 16.0 Å². The average Bonchev–Trinajstić information content (AvgIpc) is 2.81. The Bertz CT molecular complexity index is 885.